The topological polar surface area (TPSA) is 93.8 Å². The molecule has 0 saturated carbocycles. The third-order valence-corrected chi connectivity index (χ3v) is 7.64. The van der Waals surface area contributed by atoms with Crippen LogP contribution in [-0.4, -0.2) is 65.9 Å². The average molecular weight is 514 g/mol. The Kier molecular flexibility index (Phi) is 9.18. The number of carbonyl (C=O) groups excluding carboxylic acids is 1. The summed E-state index contributed by atoms with van der Waals surface area (Å²) in [5.41, 5.74) is 7.11. The Labute approximate surface area is 219 Å². The Balaban J connectivity index is 1.19. The van der Waals surface area contributed by atoms with Gasteiger partial charge in [-0.05, 0) is 63.0 Å². The molecular weight excluding hydrogens is 473 g/mol. The molecule has 9 heteroatoms. The molecule has 2 aliphatic heterocycles. The van der Waals surface area contributed by atoms with Gasteiger partial charge in [0.1, 0.15) is 5.82 Å². The number of anilines is 1. The standard InChI is InChI=1S/C28H40FN5O3/c1-19(2)37-28(35)33-12-8-21(9-13-33)20(3)11-15-36-22-16-31-27(32-17-22)34-14-10-24(26(30)18-34)23-6-4-5-7-25(23)29/h4-7,16-17,19-21,24,26H,8-15,18,30H2,1-3H3. The third kappa shape index (κ3) is 7.09. The summed E-state index contributed by atoms with van der Waals surface area (Å²) >= 11 is 0. The minimum absolute atomic E-state index is 0.0110. The van der Waals surface area contributed by atoms with Crippen LogP contribution in [0.5, 0.6) is 5.75 Å². The molecule has 37 heavy (non-hydrogen) atoms. The first-order chi connectivity index (χ1) is 17.8. The van der Waals surface area contributed by atoms with Crippen LogP contribution in [0.4, 0.5) is 15.1 Å². The zero-order valence-electron chi connectivity index (χ0n) is 22.2. The second-order valence-electron chi connectivity index (χ2n) is 10.6. The highest BCUT2D eigenvalue weighted by molar-refractivity contribution is 5.67. The van der Waals surface area contributed by atoms with E-state index >= 15 is 0 Å². The molecule has 0 radical (unpaired) electrons. The highest BCUT2D eigenvalue weighted by atomic mass is 19.1. The number of likely N-dealkylation sites (tertiary alicyclic amines) is 1. The number of hydrogen-bond donors (Lipinski definition) is 1. The van der Waals surface area contributed by atoms with Crippen LogP contribution in [0.15, 0.2) is 36.7 Å². The number of hydrogen-bond acceptors (Lipinski definition) is 7. The number of halogens is 1. The molecule has 0 spiro atoms. The fraction of sp³-hybridized carbons (Fsp3) is 0.607. The van der Waals surface area contributed by atoms with Gasteiger partial charge in [0.25, 0.3) is 0 Å². The first-order valence-corrected chi connectivity index (χ1v) is 13.5. The van der Waals surface area contributed by atoms with E-state index in [1.807, 2.05) is 30.9 Å². The number of rotatable bonds is 8. The molecule has 3 heterocycles. The van der Waals surface area contributed by atoms with Crippen molar-refractivity contribution in [3.63, 3.8) is 0 Å². The first kappa shape index (κ1) is 27.1. The van der Waals surface area contributed by atoms with Gasteiger partial charge in [-0.3, -0.25) is 0 Å². The Morgan fingerprint density at radius 3 is 2.46 bits per heavy atom. The Morgan fingerprint density at radius 2 is 1.81 bits per heavy atom. The van der Waals surface area contributed by atoms with Crippen LogP contribution in [0.3, 0.4) is 0 Å². The number of nitrogens with two attached hydrogens (primary N) is 1. The lowest BCUT2D eigenvalue weighted by atomic mass is 9.84. The summed E-state index contributed by atoms with van der Waals surface area (Å²) in [6, 6.07) is 6.68. The number of aromatic nitrogens is 2. The molecule has 1 aromatic heterocycles. The lowest BCUT2D eigenvalue weighted by molar-refractivity contribution is 0.0597. The van der Waals surface area contributed by atoms with Crippen LogP contribution in [0.2, 0.25) is 0 Å². The van der Waals surface area contributed by atoms with Gasteiger partial charge in [0.15, 0.2) is 5.75 Å². The van der Waals surface area contributed by atoms with Gasteiger partial charge in [-0.15, -0.1) is 0 Å². The number of carbonyl (C=O) groups is 1. The number of benzene rings is 1. The van der Waals surface area contributed by atoms with Gasteiger partial charge in [0, 0.05) is 38.1 Å². The number of piperidine rings is 2. The van der Waals surface area contributed by atoms with E-state index in [4.69, 9.17) is 15.2 Å². The maximum Gasteiger partial charge on any atom is 0.410 e. The van der Waals surface area contributed by atoms with Crippen LogP contribution in [0.25, 0.3) is 0 Å². The molecule has 2 fully saturated rings. The molecule has 4 rings (SSSR count). The average Bonchev–Trinajstić information content (AvgIpc) is 2.89. The second-order valence-corrected chi connectivity index (χ2v) is 10.6. The van der Waals surface area contributed by atoms with Crippen molar-refractivity contribution in [3.8, 4) is 5.75 Å². The van der Waals surface area contributed by atoms with E-state index in [0.29, 0.717) is 42.2 Å². The Hall–Kier alpha value is -2.94. The van der Waals surface area contributed by atoms with Crippen molar-refractivity contribution in [2.45, 2.75) is 64.5 Å². The molecule has 8 nitrogen and oxygen atoms in total. The van der Waals surface area contributed by atoms with Crippen molar-refractivity contribution in [2.75, 3.05) is 37.7 Å². The first-order valence-electron chi connectivity index (χ1n) is 13.5. The fourth-order valence-corrected chi connectivity index (χ4v) is 5.40. The minimum atomic E-state index is -0.204. The van der Waals surface area contributed by atoms with E-state index in [9.17, 15) is 9.18 Å². The molecule has 1 amide bonds. The third-order valence-electron chi connectivity index (χ3n) is 7.64. The predicted octanol–water partition coefficient (Wildman–Crippen LogP) is 4.60. The van der Waals surface area contributed by atoms with Crippen LogP contribution < -0.4 is 15.4 Å². The summed E-state index contributed by atoms with van der Waals surface area (Å²) in [4.78, 5) is 24.9. The summed E-state index contributed by atoms with van der Waals surface area (Å²) in [5.74, 6) is 2.13. The summed E-state index contributed by atoms with van der Waals surface area (Å²) in [5, 5.41) is 0. The molecule has 0 bridgehead atoms. The van der Waals surface area contributed by atoms with Gasteiger partial charge in [0.05, 0.1) is 25.1 Å². The molecule has 2 aromatic rings. The van der Waals surface area contributed by atoms with Gasteiger partial charge in [-0.25, -0.2) is 19.2 Å². The zero-order valence-corrected chi connectivity index (χ0v) is 22.2. The Morgan fingerprint density at radius 1 is 1.11 bits per heavy atom. The maximum atomic E-state index is 14.2. The highest BCUT2D eigenvalue weighted by Gasteiger charge is 2.31. The molecule has 2 aliphatic rings. The quantitative estimate of drug-likeness (QED) is 0.551. The van der Waals surface area contributed by atoms with Gasteiger partial charge in [-0.1, -0.05) is 25.1 Å². The van der Waals surface area contributed by atoms with Crippen molar-refractivity contribution in [2.24, 2.45) is 17.6 Å². The lowest BCUT2D eigenvalue weighted by Crippen LogP contribution is -2.48. The molecule has 2 saturated heterocycles. The normalized spacial score (nSPS) is 21.7. The van der Waals surface area contributed by atoms with E-state index in [-0.39, 0.29) is 30.0 Å². The van der Waals surface area contributed by atoms with E-state index in [1.54, 1.807) is 18.5 Å². The van der Waals surface area contributed by atoms with Crippen molar-refractivity contribution in [3.05, 3.63) is 48.0 Å². The van der Waals surface area contributed by atoms with Crippen LogP contribution in [0.1, 0.15) is 57.9 Å². The van der Waals surface area contributed by atoms with Gasteiger partial charge >= 0.3 is 6.09 Å². The van der Waals surface area contributed by atoms with Crippen molar-refractivity contribution in [1.82, 2.24) is 14.9 Å². The second kappa shape index (κ2) is 12.5. The highest BCUT2D eigenvalue weighted by Crippen LogP contribution is 2.31. The summed E-state index contributed by atoms with van der Waals surface area (Å²) < 4.78 is 25.5. The number of ether oxygens (including phenoxy) is 2. The van der Waals surface area contributed by atoms with Crippen molar-refractivity contribution in [1.29, 1.82) is 0 Å². The fourth-order valence-electron chi connectivity index (χ4n) is 5.40. The van der Waals surface area contributed by atoms with Crippen LogP contribution >= 0.6 is 0 Å². The maximum absolute atomic E-state index is 14.2. The minimum Gasteiger partial charge on any atom is -0.490 e. The van der Waals surface area contributed by atoms with Crippen LogP contribution in [0, 0.1) is 17.7 Å². The molecular formula is C28H40FN5O3. The van der Waals surface area contributed by atoms with E-state index < -0.39 is 0 Å². The van der Waals surface area contributed by atoms with Gasteiger partial charge < -0.3 is 25.0 Å². The molecule has 3 atom stereocenters. The lowest BCUT2D eigenvalue weighted by Gasteiger charge is -2.37. The Bertz CT molecular complexity index is 1010. The van der Waals surface area contributed by atoms with E-state index in [2.05, 4.69) is 21.8 Å². The summed E-state index contributed by atoms with van der Waals surface area (Å²) in [6.07, 6.45) is 6.78. The zero-order chi connectivity index (χ0) is 26.4. The van der Waals surface area contributed by atoms with E-state index in [0.717, 1.165) is 45.3 Å². The summed E-state index contributed by atoms with van der Waals surface area (Å²) in [7, 11) is 0. The molecule has 202 valence electrons. The van der Waals surface area contributed by atoms with Crippen molar-refractivity contribution >= 4 is 12.0 Å². The van der Waals surface area contributed by atoms with E-state index in [1.165, 1.54) is 6.07 Å². The number of nitrogens with zero attached hydrogens (tertiary/aromatic N) is 4. The monoisotopic (exact) mass is 513 g/mol. The summed E-state index contributed by atoms with van der Waals surface area (Å²) in [6.45, 7) is 9.39. The van der Waals surface area contributed by atoms with Gasteiger partial charge in [0.2, 0.25) is 5.95 Å². The van der Waals surface area contributed by atoms with Gasteiger partial charge in [-0.2, -0.15) is 0 Å². The predicted molar refractivity (Wildman–Crippen MR) is 141 cm³/mol. The largest absolute Gasteiger partial charge is 0.490 e. The van der Waals surface area contributed by atoms with Crippen LogP contribution in [-0.2, 0) is 4.74 Å². The number of amides is 1. The molecule has 3 unspecified atom stereocenters. The SMILES string of the molecule is CC(C)OC(=O)N1CCC(C(C)CCOc2cnc(N3CCC(c4ccccc4F)C(N)C3)nc2)CC1. The molecule has 1 aromatic carbocycles. The smallest absolute Gasteiger partial charge is 0.410 e. The molecule has 0 aliphatic carbocycles. The molecule has 2 N–H and O–H groups in total. The van der Waals surface area contributed by atoms with Crippen molar-refractivity contribution < 1.29 is 18.7 Å².